The Morgan fingerprint density at radius 1 is 1.08 bits per heavy atom. The number of anilines is 3. The van der Waals surface area contributed by atoms with Gasteiger partial charge in [-0.25, -0.2) is 4.79 Å². The molecule has 1 aromatic carbocycles. The number of hydrogen-bond acceptors (Lipinski definition) is 6. The first-order valence-electron chi connectivity index (χ1n) is 7.67. The highest BCUT2D eigenvalue weighted by Crippen LogP contribution is 2.22. The Kier molecular flexibility index (Phi) is 5.97. The third kappa shape index (κ3) is 5.18. The molecule has 134 valence electrons. The van der Waals surface area contributed by atoms with Gasteiger partial charge in [0.15, 0.2) is 5.82 Å². The van der Waals surface area contributed by atoms with Crippen LogP contribution in [0.5, 0.6) is 0 Å². The summed E-state index contributed by atoms with van der Waals surface area (Å²) < 4.78 is 0. The van der Waals surface area contributed by atoms with Gasteiger partial charge in [-0.05, 0) is 24.6 Å². The van der Waals surface area contributed by atoms with Gasteiger partial charge >= 0.3 is 6.03 Å². The molecule has 2 N–H and O–H groups in total. The Labute approximate surface area is 152 Å². The van der Waals surface area contributed by atoms with Crippen molar-refractivity contribution >= 4 is 35.2 Å². The number of urea groups is 1. The summed E-state index contributed by atoms with van der Waals surface area (Å²) in [5.74, 6) is 1.52. The van der Waals surface area contributed by atoms with Gasteiger partial charge in [-0.2, -0.15) is 15.0 Å². The van der Waals surface area contributed by atoms with Crippen molar-refractivity contribution in [2.24, 2.45) is 0 Å². The van der Waals surface area contributed by atoms with Crippen LogP contribution in [0.4, 0.5) is 22.4 Å². The molecule has 0 unspecified atom stereocenters. The van der Waals surface area contributed by atoms with Crippen LogP contribution in [0.2, 0.25) is 5.02 Å². The van der Waals surface area contributed by atoms with E-state index in [1.54, 1.807) is 21.9 Å². The number of carbonyl (C=O) groups excluding carboxylic acids is 1. The molecule has 2 amide bonds. The van der Waals surface area contributed by atoms with E-state index in [0.717, 1.165) is 5.56 Å². The molecule has 0 aliphatic rings. The van der Waals surface area contributed by atoms with Crippen LogP contribution < -0.4 is 20.4 Å². The van der Waals surface area contributed by atoms with Gasteiger partial charge in [0.1, 0.15) is 0 Å². The molecule has 2 rings (SSSR count). The zero-order valence-corrected chi connectivity index (χ0v) is 15.7. The van der Waals surface area contributed by atoms with E-state index in [4.69, 9.17) is 11.6 Å². The predicted molar refractivity (Wildman–Crippen MR) is 101 cm³/mol. The Bertz CT molecular complexity index is 738. The summed E-state index contributed by atoms with van der Waals surface area (Å²) in [6.45, 7) is 2.10. The van der Waals surface area contributed by atoms with Crippen molar-refractivity contribution in [3.8, 4) is 0 Å². The van der Waals surface area contributed by atoms with Gasteiger partial charge in [0.2, 0.25) is 11.9 Å². The van der Waals surface area contributed by atoms with Crippen LogP contribution in [0.15, 0.2) is 18.2 Å². The van der Waals surface area contributed by atoms with Crippen molar-refractivity contribution in [2.75, 3.05) is 43.3 Å². The molecule has 0 aliphatic carbocycles. The maximum atomic E-state index is 12.1. The fraction of sp³-hybridized carbons (Fsp3) is 0.375. The lowest BCUT2D eigenvalue weighted by molar-refractivity contribution is 0.251. The quantitative estimate of drug-likeness (QED) is 0.847. The Hall–Kier alpha value is -2.61. The summed E-state index contributed by atoms with van der Waals surface area (Å²) in [6, 6.07) is 5.04. The van der Waals surface area contributed by atoms with Crippen molar-refractivity contribution in [3.05, 3.63) is 34.6 Å². The summed E-state index contributed by atoms with van der Waals surface area (Å²) in [5.41, 5.74) is 1.57. The monoisotopic (exact) mass is 363 g/mol. The predicted octanol–water partition coefficient (Wildman–Crippen LogP) is 2.29. The van der Waals surface area contributed by atoms with Crippen LogP contribution in [0.1, 0.15) is 11.4 Å². The molecule has 0 aliphatic heterocycles. The largest absolute Gasteiger partial charge is 0.347 e. The topological polar surface area (TPSA) is 86.3 Å². The van der Waals surface area contributed by atoms with Crippen LogP contribution >= 0.6 is 11.6 Å². The van der Waals surface area contributed by atoms with E-state index in [9.17, 15) is 4.79 Å². The SMILES string of the molecule is Cc1ccc(NC(=O)NCc2nc(N(C)C)nc(N(C)C)n2)c(Cl)c1. The minimum absolute atomic E-state index is 0.166. The lowest BCUT2D eigenvalue weighted by Crippen LogP contribution is -2.30. The number of rotatable bonds is 5. The van der Waals surface area contributed by atoms with Crippen molar-refractivity contribution in [1.82, 2.24) is 20.3 Å². The summed E-state index contributed by atoms with van der Waals surface area (Å²) in [7, 11) is 7.38. The Morgan fingerprint density at radius 2 is 1.68 bits per heavy atom. The zero-order chi connectivity index (χ0) is 18.6. The highest BCUT2D eigenvalue weighted by molar-refractivity contribution is 6.33. The van der Waals surface area contributed by atoms with Crippen molar-refractivity contribution < 1.29 is 4.79 Å². The number of benzene rings is 1. The van der Waals surface area contributed by atoms with Crippen molar-refractivity contribution in [2.45, 2.75) is 13.5 Å². The molecule has 0 atom stereocenters. The molecule has 1 heterocycles. The molecule has 0 bridgehead atoms. The number of carbonyl (C=O) groups is 1. The Morgan fingerprint density at radius 3 is 2.20 bits per heavy atom. The second-order valence-corrected chi connectivity index (χ2v) is 6.34. The molecule has 0 radical (unpaired) electrons. The number of nitrogens with one attached hydrogen (secondary N) is 2. The lowest BCUT2D eigenvalue weighted by Gasteiger charge is -2.16. The average molecular weight is 364 g/mol. The Balaban J connectivity index is 2.06. The molecule has 0 saturated carbocycles. The second-order valence-electron chi connectivity index (χ2n) is 5.93. The van der Waals surface area contributed by atoms with Crippen LogP contribution in [-0.4, -0.2) is 49.2 Å². The van der Waals surface area contributed by atoms with E-state index >= 15 is 0 Å². The summed E-state index contributed by atoms with van der Waals surface area (Å²) in [6.07, 6.45) is 0. The average Bonchev–Trinajstić information content (AvgIpc) is 2.55. The van der Waals surface area contributed by atoms with Gasteiger partial charge in [0.05, 0.1) is 17.3 Å². The van der Waals surface area contributed by atoms with E-state index < -0.39 is 0 Å². The second kappa shape index (κ2) is 7.98. The highest BCUT2D eigenvalue weighted by atomic mass is 35.5. The highest BCUT2D eigenvalue weighted by Gasteiger charge is 2.11. The van der Waals surface area contributed by atoms with E-state index in [1.165, 1.54) is 0 Å². The summed E-state index contributed by atoms with van der Waals surface area (Å²) in [5, 5.41) is 5.92. The molecular formula is C16H22ClN7O. The maximum Gasteiger partial charge on any atom is 0.319 e. The van der Waals surface area contributed by atoms with E-state index in [-0.39, 0.29) is 12.6 Å². The van der Waals surface area contributed by atoms with Crippen molar-refractivity contribution in [3.63, 3.8) is 0 Å². The number of nitrogens with zero attached hydrogens (tertiary/aromatic N) is 5. The summed E-state index contributed by atoms with van der Waals surface area (Å²) in [4.78, 5) is 28.6. The number of amides is 2. The van der Waals surface area contributed by atoms with Crippen LogP contribution in [0, 0.1) is 6.92 Å². The molecule has 1 aromatic heterocycles. The van der Waals surface area contributed by atoms with Gasteiger partial charge in [-0.15, -0.1) is 0 Å². The molecule has 2 aromatic rings. The van der Waals surface area contributed by atoms with Crippen molar-refractivity contribution in [1.29, 1.82) is 0 Å². The number of aromatic nitrogens is 3. The third-order valence-electron chi connectivity index (χ3n) is 3.24. The van der Waals surface area contributed by atoms with E-state index in [1.807, 2.05) is 41.2 Å². The molecule has 8 nitrogen and oxygen atoms in total. The van der Waals surface area contributed by atoms with Gasteiger partial charge in [-0.1, -0.05) is 17.7 Å². The smallest absolute Gasteiger partial charge is 0.319 e. The molecule has 0 fully saturated rings. The number of hydrogen-bond donors (Lipinski definition) is 2. The van der Waals surface area contributed by atoms with Crippen LogP contribution in [0.25, 0.3) is 0 Å². The normalized spacial score (nSPS) is 10.3. The van der Waals surface area contributed by atoms with Gasteiger partial charge in [-0.3, -0.25) is 0 Å². The molecule has 25 heavy (non-hydrogen) atoms. The standard InChI is InChI=1S/C16H22ClN7O/c1-10-6-7-12(11(17)8-10)19-16(25)18-9-13-20-14(23(2)3)22-15(21-13)24(4)5/h6-8H,9H2,1-5H3,(H2,18,19,25). The maximum absolute atomic E-state index is 12.1. The number of halogens is 1. The minimum atomic E-state index is -0.385. The van der Waals surface area contributed by atoms with Gasteiger partial charge in [0, 0.05) is 28.2 Å². The van der Waals surface area contributed by atoms with E-state index in [0.29, 0.717) is 28.4 Å². The molecule has 0 spiro atoms. The third-order valence-corrected chi connectivity index (χ3v) is 3.55. The molecule has 9 heteroatoms. The molecule has 0 saturated heterocycles. The first-order valence-corrected chi connectivity index (χ1v) is 8.04. The van der Waals surface area contributed by atoms with Crippen LogP contribution in [0.3, 0.4) is 0 Å². The number of aryl methyl sites for hydroxylation is 1. The first kappa shape index (κ1) is 18.7. The van der Waals surface area contributed by atoms with E-state index in [2.05, 4.69) is 25.6 Å². The first-order chi connectivity index (χ1) is 11.8. The van der Waals surface area contributed by atoms with Gasteiger partial charge < -0.3 is 20.4 Å². The van der Waals surface area contributed by atoms with Gasteiger partial charge in [0.25, 0.3) is 0 Å². The fourth-order valence-corrected chi connectivity index (χ4v) is 2.20. The lowest BCUT2D eigenvalue weighted by atomic mass is 10.2. The fourth-order valence-electron chi connectivity index (χ4n) is 1.92. The zero-order valence-electron chi connectivity index (χ0n) is 15.0. The minimum Gasteiger partial charge on any atom is -0.347 e. The van der Waals surface area contributed by atoms with Crippen LogP contribution in [-0.2, 0) is 6.54 Å². The summed E-state index contributed by atoms with van der Waals surface area (Å²) >= 11 is 6.12. The molecular weight excluding hydrogens is 342 g/mol.